The quantitative estimate of drug-likeness (QED) is 0.0722. The second-order valence-electron chi connectivity index (χ2n) is 8.43. The molecule has 0 saturated carbocycles. The Bertz CT molecular complexity index is 245. The van der Waals surface area contributed by atoms with Crippen LogP contribution in [0, 0.1) is 0 Å². The molecule has 0 aliphatic heterocycles. The third-order valence-corrected chi connectivity index (χ3v) is 8.70. The summed E-state index contributed by atoms with van der Waals surface area (Å²) < 4.78 is 3.25. The van der Waals surface area contributed by atoms with Gasteiger partial charge < -0.3 is 0 Å². The van der Waals surface area contributed by atoms with Crippen molar-refractivity contribution < 1.29 is 5.11 Å². The second kappa shape index (κ2) is 33.1. The van der Waals surface area contributed by atoms with Gasteiger partial charge in [0.2, 0.25) is 0 Å². The van der Waals surface area contributed by atoms with E-state index in [1.165, 1.54) is 122 Å². The molecule has 0 fully saturated rings. The van der Waals surface area contributed by atoms with E-state index in [1.54, 1.807) is 21.8 Å². The van der Waals surface area contributed by atoms with Gasteiger partial charge in [0, 0.05) is 0 Å². The van der Waals surface area contributed by atoms with Crippen molar-refractivity contribution in [1.82, 2.24) is 0 Å². The Morgan fingerprint density at radius 3 is 1.00 bits per heavy atom. The second-order valence-corrected chi connectivity index (χ2v) is 11.9. The first kappa shape index (κ1) is 31.7. The van der Waals surface area contributed by atoms with E-state index >= 15 is 0 Å². The molecule has 0 unspecified atom stereocenters. The number of hydrogen-bond donors (Lipinski definition) is 0. The molecule has 1 radical (unpaired) electrons. The molecular formula is C27H55OTe. The Morgan fingerprint density at radius 1 is 0.517 bits per heavy atom. The Balaban J connectivity index is 0. The van der Waals surface area contributed by atoms with Gasteiger partial charge in [0.15, 0.2) is 0 Å². The molecule has 0 atom stereocenters. The molecule has 0 aromatic rings. The minimum atomic E-state index is -0.167. The van der Waals surface area contributed by atoms with Crippen LogP contribution in [0.3, 0.4) is 0 Å². The van der Waals surface area contributed by atoms with Crippen LogP contribution >= 0.6 is 0 Å². The monoisotopic (exact) mass is 525 g/mol. The zero-order valence-electron chi connectivity index (χ0n) is 20.4. The topological polar surface area (TPSA) is 19.9 Å². The zero-order chi connectivity index (χ0) is 21.7. The van der Waals surface area contributed by atoms with Crippen molar-refractivity contribution in [3.63, 3.8) is 0 Å². The molecule has 0 aromatic heterocycles. The van der Waals surface area contributed by atoms with Gasteiger partial charge in [0.05, 0.1) is 0 Å². The SMILES string of the molecule is C=CC[O].CCCCCCCCCCCC[Te]CCCCCCCCCCCC. The van der Waals surface area contributed by atoms with Crippen molar-refractivity contribution >= 4 is 20.9 Å². The van der Waals surface area contributed by atoms with E-state index < -0.39 is 0 Å². The van der Waals surface area contributed by atoms with E-state index in [9.17, 15) is 5.11 Å². The number of hydrogen-bond acceptors (Lipinski definition) is 0. The molecule has 0 spiro atoms. The molecule has 2 heteroatoms. The van der Waals surface area contributed by atoms with Crippen molar-refractivity contribution in [2.45, 2.75) is 151 Å². The van der Waals surface area contributed by atoms with Crippen molar-refractivity contribution in [2.24, 2.45) is 0 Å². The maximum atomic E-state index is 9.18. The van der Waals surface area contributed by atoms with Crippen LogP contribution in [0.2, 0.25) is 8.94 Å². The molecule has 175 valence electrons. The van der Waals surface area contributed by atoms with Crippen LogP contribution in [-0.4, -0.2) is 27.5 Å². The normalized spacial score (nSPS) is 10.6. The molecule has 0 bridgehead atoms. The summed E-state index contributed by atoms with van der Waals surface area (Å²) in [6.45, 7) is 7.61. The summed E-state index contributed by atoms with van der Waals surface area (Å²) in [5.74, 6) is 0. The molecule has 0 aliphatic carbocycles. The Kier molecular flexibility index (Phi) is 36.2. The third kappa shape index (κ3) is 36.2. The molecule has 0 aliphatic rings. The summed E-state index contributed by atoms with van der Waals surface area (Å²) in [5, 5.41) is 9.18. The summed E-state index contributed by atoms with van der Waals surface area (Å²) in [6.07, 6.45) is 31.1. The molecular weight excluding hydrogens is 468 g/mol. The van der Waals surface area contributed by atoms with Crippen LogP contribution in [0.4, 0.5) is 0 Å². The van der Waals surface area contributed by atoms with Crippen LogP contribution in [-0.2, 0) is 5.11 Å². The van der Waals surface area contributed by atoms with Gasteiger partial charge in [0.25, 0.3) is 0 Å². The number of rotatable bonds is 23. The van der Waals surface area contributed by atoms with Crippen LogP contribution < -0.4 is 0 Å². The van der Waals surface area contributed by atoms with E-state index in [0.717, 1.165) is 0 Å². The average molecular weight is 523 g/mol. The van der Waals surface area contributed by atoms with E-state index in [-0.39, 0.29) is 6.61 Å². The average Bonchev–Trinajstić information content (AvgIpc) is 2.75. The molecule has 0 aromatic carbocycles. The molecule has 29 heavy (non-hydrogen) atoms. The molecule has 0 heterocycles. The van der Waals surface area contributed by atoms with E-state index in [0.29, 0.717) is 20.9 Å². The first-order valence-corrected chi connectivity index (χ1v) is 16.4. The van der Waals surface area contributed by atoms with Gasteiger partial charge in [-0.2, -0.15) is 0 Å². The fourth-order valence-electron chi connectivity index (χ4n) is 3.49. The van der Waals surface area contributed by atoms with Crippen molar-refractivity contribution in [2.75, 3.05) is 6.61 Å². The maximum absolute atomic E-state index is 9.18. The van der Waals surface area contributed by atoms with Gasteiger partial charge in [-0.25, -0.2) is 5.11 Å². The predicted octanol–water partition coefficient (Wildman–Crippen LogP) is 9.97. The Morgan fingerprint density at radius 2 is 0.759 bits per heavy atom. The predicted molar refractivity (Wildman–Crippen MR) is 135 cm³/mol. The van der Waals surface area contributed by atoms with E-state index in [1.807, 2.05) is 0 Å². The van der Waals surface area contributed by atoms with Crippen LogP contribution in [0.5, 0.6) is 0 Å². The van der Waals surface area contributed by atoms with Gasteiger partial charge in [-0.1, -0.05) is 6.08 Å². The van der Waals surface area contributed by atoms with Crippen molar-refractivity contribution in [1.29, 1.82) is 0 Å². The minimum absolute atomic E-state index is 0.167. The zero-order valence-corrected chi connectivity index (χ0v) is 22.7. The summed E-state index contributed by atoms with van der Waals surface area (Å²) in [4.78, 5) is 0. The van der Waals surface area contributed by atoms with Gasteiger partial charge in [-0.05, 0) is 0 Å². The summed E-state index contributed by atoms with van der Waals surface area (Å²) in [5.41, 5.74) is 0. The van der Waals surface area contributed by atoms with E-state index in [4.69, 9.17) is 0 Å². The van der Waals surface area contributed by atoms with Crippen LogP contribution in [0.15, 0.2) is 12.7 Å². The fraction of sp³-hybridized carbons (Fsp3) is 0.926. The third-order valence-electron chi connectivity index (χ3n) is 5.40. The molecule has 1 nitrogen and oxygen atoms in total. The van der Waals surface area contributed by atoms with Gasteiger partial charge in [0.1, 0.15) is 6.61 Å². The van der Waals surface area contributed by atoms with Crippen molar-refractivity contribution in [3.8, 4) is 0 Å². The van der Waals surface area contributed by atoms with Gasteiger partial charge in [-0.3, -0.25) is 0 Å². The molecule has 0 N–H and O–H groups in total. The molecule has 0 saturated heterocycles. The summed E-state index contributed by atoms with van der Waals surface area (Å²) in [6, 6.07) is 0. The first-order chi connectivity index (χ1) is 14.3. The molecule has 0 rings (SSSR count). The summed E-state index contributed by atoms with van der Waals surface area (Å²) >= 11 is 0.380. The standard InChI is InChI=1S/C24H50Te.C3H5O/c1-3-5-7-9-11-13-15-17-19-21-23-25-24-22-20-18-16-14-12-10-8-6-4-2;1-2-3-4/h3-24H2,1-2H3;2H,1,3H2. The van der Waals surface area contributed by atoms with E-state index in [2.05, 4.69) is 20.4 Å². The number of unbranched alkanes of at least 4 members (excludes halogenated alkanes) is 18. The summed E-state index contributed by atoms with van der Waals surface area (Å²) in [7, 11) is 0. The van der Waals surface area contributed by atoms with Crippen molar-refractivity contribution in [3.05, 3.63) is 12.7 Å². The Labute approximate surface area is 196 Å². The van der Waals surface area contributed by atoms with Crippen LogP contribution in [0.1, 0.15) is 142 Å². The fourth-order valence-corrected chi connectivity index (χ4v) is 6.40. The van der Waals surface area contributed by atoms with Gasteiger partial charge >= 0.3 is 172 Å². The van der Waals surface area contributed by atoms with Crippen LogP contribution in [0.25, 0.3) is 0 Å². The first-order valence-electron chi connectivity index (χ1n) is 13.1. The van der Waals surface area contributed by atoms with Gasteiger partial charge in [-0.15, -0.1) is 6.58 Å². The Hall–Kier alpha value is 0.490. The molecule has 0 amide bonds.